The van der Waals surface area contributed by atoms with Crippen LogP contribution in [0.15, 0.2) is 47.4 Å². The summed E-state index contributed by atoms with van der Waals surface area (Å²) in [4.78, 5) is 38.7. The van der Waals surface area contributed by atoms with Crippen LogP contribution < -0.4 is 15.4 Å². The predicted octanol–water partition coefficient (Wildman–Crippen LogP) is 3.61. The van der Waals surface area contributed by atoms with Crippen molar-refractivity contribution >= 4 is 40.9 Å². The molecule has 2 N–H and O–H groups in total. The van der Waals surface area contributed by atoms with E-state index >= 15 is 0 Å². The lowest BCUT2D eigenvalue weighted by atomic mass is 10.1. The molecule has 2 aromatic carbocycles. The largest absolute Gasteiger partial charge is 0.497 e. The van der Waals surface area contributed by atoms with Gasteiger partial charge in [-0.2, -0.15) is 13.2 Å². The molecule has 3 amide bonds. The van der Waals surface area contributed by atoms with Crippen molar-refractivity contribution in [2.75, 3.05) is 31.3 Å². The van der Waals surface area contributed by atoms with Gasteiger partial charge in [0, 0.05) is 30.1 Å². The van der Waals surface area contributed by atoms with Gasteiger partial charge in [-0.25, -0.2) is 0 Å². The van der Waals surface area contributed by atoms with Crippen LogP contribution in [0, 0.1) is 0 Å². The molecule has 170 valence electrons. The predicted molar refractivity (Wildman–Crippen MR) is 114 cm³/mol. The second-order valence-electron chi connectivity index (χ2n) is 7.04. The lowest BCUT2D eigenvalue weighted by molar-refractivity contribution is -0.137. The Morgan fingerprint density at radius 3 is 2.66 bits per heavy atom. The van der Waals surface area contributed by atoms with Crippen LogP contribution in [-0.2, 0) is 20.6 Å². The summed E-state index contributed by atoms with van der Waals surface area (Å²) in [5.74, 6) is -0.881. The van der Waals surface area contributed by atoms with Gasteiger partial charge in [-0.15, -0.1) is 11.8 Å². The number of hydrogen-bond donors (Lipinski definition) is 2. The minimum Gasteiger partial charge on any atom is -0.497 e. The number of likely N-dealkylation sites (N-methyl/N-ethyl adjacent to an activating group) is 1. The van der Waals surface area contributed by atoms with Crippen molar-refractivity contribution in [1.82, 2.24) is 4.90 Å². The molecule has 1 aliphatic heterocycles. The van der Waals surface area contributed by atoms with Crippen LogP contribution in [-0.4, -0.2) is 48.6 Å². The van der Waals surface area contributed by atoms with Crippen molar-refractivity contribution in [3.8, 4) is 5.75 Å². The zero-order valence-corrected chi connectivity index (χ0v) is 18.0. The number of methoxy groups -OCH3 is 1. The highest BCUT2D eigenvalue weighted by Gasteiger charge is 2.34. The Morgan fingerprint density at radius 1 is 1.22 bits per heavy atom. The SMILES string of the molecule is COc1cccc(NC(=O)CN(C)C(=O)CC2Sc3ccc(C(F)(F)F)cc3NC2=O)c1. The van der Waals surface area contributed by atoms with E-state index < -0.39 is 34.7 Å². The number of nitrogens with one attached hydrogen (secondary N) is 2. The molecular weight excluding hydrogens is 447 g/mol. The molecule has 32 heavy (non-hydrogen) atoms. The summed E-state index contributed by atoms with van der Waals surface area (Å²) in [6, 6.07) is 9.80. The second kappa shape index (κ2) is 9.51. The number of carbonyl (C=O) groups excluding carboxylic acids is 3. The lowest BCUT2D eigenvalue weighted by Gasteiger charge is -2.26. The van der Waals surface area contributed by atoms with E-state index in [1.165, 1.54) is 25.1 Å². The topological polar surface area (TPSA) is 87.7 Å². The fourth-order valence-electron chi connectivity index (χ4n) is 2.98. The van der Waals surface area contributed by atoms with Crippen LogP contribution in [0.2, 0.25) is 0 Å². The monoisotopic (exact) mass is 467 g/mol. The van der Waals surface area contributed by atoms with Crippen LogP contribution in [0.25, 0.3) is 0 Å². The molecule has 0 saturated carbocycles. The molecule has 0 aromatic heterocycles. The van der Waals surface area contributed by atoms with Gasteiger partial charge >= 0.3 is 6.18 Å². The molecule has 7 nitrogen and oxygen atoms in total. The van der Waals surface area contributed by atoms with Gasteiger partial charge in [0.1, 0.15) is 5.75 Å². The minimum absolute atomic E-state index is 0.0598. The Morgan fingerprint density at radius 2 is 1.97 bits per heavy atom. The Bertz CT molecular complexity index is 1050. The molecule has 0 spiro atoms. The number of benzene rings is 2. The first-order valence-corrected chi connectivity index (χ1v) is 10.3. The molecule has 2 aromatic rings. The standard InChI is InChI=1S/C21H20F3N3O4S/c1-27(11-18(28)25-13-4-3-5-14(9-13)31-2)19(29)10-17-20(30)26-15-8-12(21(22,23)24)6-7-16(15)32-17/h3-9,17H,10-11H2,1-2H3,(H,25,28)(H,26,30). The first-order valence-electron chi connectivity index (χ1n) is 9.43. The Balaban J connectivity index is 1.58. The van der Waals surface area contributed by atoms with E-state index in [9.17, 15) is 27.6 Å². The smallest absolute Gasteiger partial charge is 0.416 e. The zero-order chi connectivity index (χ0) is 23.5. The first-order chi connectivity index (χ1) is 15.1. The number of fused-ring (bicyclic) bond motifs is 1. The molecule has 1 atom stereocenters. The molecule has 0 saturated heterocycles. The quantitative estimate of drug-likeness (QED) is 0.678. The summed E-state index contributed by atoms with van der Waals surface area (Å²) < 4.78 is 43.7. The van der Waals surface area contributed by atoms with Gasteiger partial charge < -0.3 is 20.3 Å². The minimum atomic E-state index is -4.52. The number of anilines is 2. The summed E-state index contributed by atoms with van der Waals surface area (Å²) in [5.41, 5.74) is -0.301. The molecule has 11 heteroatoms. The molecule has 0 aliphatic carbocycles. The summed E-state index contributed by atoms with van der Waals surface area (Å²) in [6.45, 7) is -0.236. The number of halogens is 3. The van der Waals surface area contributed by atoms with Crippen molar-refractivity contribution in [3.05, 3.63) is 48.0 Å². The Labute approximate surface area is 186 Å². The number of carbonyl (C=O) groups is 3. The van der Waals surface area contributed by atoms with Crippen molar-refractivity contribution in [1.29, 1.82) is 0 Å². The maximum Gasteiger partial charge on any atom is 0.416 e. The maximum atomic E-state index is 12.9. The molecule has 0 fully saturated rings. The van der Waals surface area contributed by atoms with Gasteiger partial charge in [0.25, 0.3) is 0 Å². The van der Waals surface area contributed by atoms with E-state index in [0.717, 1.165) is 23.9 Å². The maximum absolute atomic E-state index is 12.9. The zero-order valence-electron chi connectivity index (χ0n) is 17.2. The number of rotatable bonds is 6. The van der Waals surface area contributed by atoms with Crippen LogP contribution in [0.3, 0.4) is 0 Å². The molecule has 0 bridgehead atoms. The highest BCUT2D eigenvalue weighted by molar-refractivity contribution is 8.01. The number of amides is 3. The number of nitrogens with zero attached hydrogens (tertiary/aromatic N) is 1. The lowest BCUT2D eigenvalue weighted by Crippen LogP contribution is -2.39. The molecule has 1 heterocycles. The van der Waals surface area contributed by atoms with Gasteiger partial charge in [0.2, 0.25) is 17.7 Å². The highest BCUT2D eigenvalue weighted by Crippen LogP contribution is 2.40. The molecule has 1 unspecified atom stereocenters. The van der Waals surface area contributed by atoms with E-state index in [2.05, 4.69) is 10.6 Å². The van der Waals surface area contributed by atoms with Crippen LogP contribution in [0.5, 0.6) is 5.75 Å². The number of alkyl halides is 3. The fourth-order valence-corrected chi connectivity index (χ4v) is 4.06. The third kappa shape index (κ3) is 5.72. The first kappa shape index (κ1) is 23.5. The third-order valence-corrected chi connectivity index (χ3v) is 5.92. The van der Waals surface area contributed by atoms with E-state index in [1.807, 2.05) is 0 Å². The Hall–Kier alpha value is -3.21. The van der Waals surface area contributed by atoms with E-state index in [1.54, 1.807) is 24.3 Å². The molecule has 3 rings (SSSR count). The van der Waals surface area contributed by atoms with Crippen LogP contribution >= 0.6 is 11.8 Å². The van der Waals surface area contributed by atoms with Gasteiger partial charge in [-0.1, -0.05) is 6.07 Å². The van der Waals surface area contributed by atoms with Gasteiger partial charge in [-0.3, -0.25) is 14.4 Å². The Kier molecular flexibility index (Phi) is 6.97. The normalized spacial score (nSPS) is 15.4. The number of thioether (sulfide) groups is 1. The highest BCUT2D eigenvalue weighted by atomic mass is 32.2. The molecule has 0 radical (unpaired) electrons. The fraction of sp³-hybridized carbons (Fsp3) is 0.286. The van der Waals surface area contributed by atoms with Gasteiger partial charge in [0.15, 0.2) is 0 Å². The van der Waals surface area contributed by atoms with E-state index in [-0.39, 0.29) is 18.7 Å². The van der Waals surface area contributed by atoms with Crippen molar-refractivity contribution in [3.63, 3.8) is 0 Å². The summed E-state index contributed by atoms with van der Waals surface area (Å²) in [7, 11) is 2.93. The second-order valence-corrected chi connectivity index (χ2v) is 8.28. The van der Waals surface area contributed by atoms with E-state index in [4.69, 9.17) is 4.74 Å². The summed E-state index contributed by atoms with van der Waals surface area (Å²) in [5, 5.41) is 4.26. The average molecular weight is 467 g/mol. The van der Waals surface area contributed by atoms with Crippen molar-refractivity contribution in [2.45, 2.75) is 22.7 Å². The summed E-state index contributed by atoms with van der Waals surface area (Å²) >= 11 is 1.01. The number of hydrogen-bond acceptors (Lipinski definition) is 5. The molecule has 1 aliphatic rings. The molecular formula is C21H20F3N3O4S. The van der Waals surface area contributed by atoms with E-state index in [0.29, 0.717) is 16.3 Å². The van der Waals surface area contributed by atoms with Crippen LogP contribution in [0.1, 0.15) is 12.0 Å². The van der Waals surface area contributed by atoms with Crippen molar-refractivity contribution in [2.24, 2.45) is 0 Å². The third-order valence-electron chi connectivity index (χ3n) is 4.65. The van der Waals surface area contributed by atoms with Gasteiger partial charge in [0.05, 0.1) is 30.2 Å². The average Bonchev–Trinajstić information content (AvgIpc) is 2.73. The van der Waals surface area contributed by atoms with Gasteiger partial charge in [-0.05, 0) is 30.3 Å². The van der Waals surface area contributed by atoms with Crippen molar-refractivity contribution < 1.29 is 32.3 Å². The number of ether oxygens (including phenoxy) is 1. The van der Waals surface area contributed by atoms with Crippen LogP contribution in [0.4, 0.5) is 24.5 Å². The summed E-state index contributed by atoms with van der Waals surface area (Å²) in [6.07, 6.45) is -4.73.